The van der Waals surface area contributed by atoms with Gasteiger partial charge in [0, 0.05) is 44.9 Å². The van der Waals surface area contributed by atoms with E-state index < -0.39 is 17.3 Å². The normalized spacial score (nSPS) is 21.0. The Bertz CT molecular complexity index is 1310. The van der Waals surface area contributed by atoms with Gasteiger partial charge in [0.1, 0.15) is 11.6 Å². The van der Waals surface area contributed by atoms with Crippen molar-refractivity contribution in [1.29, 1.82) is 5.26 Å². The molecule has 0 aliphatic carbocycles. The molecule has 1 amide bonds. The number of fused-ring (bicyclic) bond motifs is 3. The van der Waals surface area contributed by atoms with Crippen LogP contribution in [0, 0.1) is 11.3 Å². The Kier molecular flexibility index (Phi) is 7.60. The number of nitrogens with zero attached hydrogens (tertiary/aromatic N) is 6. The SMILES string of the molecule is N#Cc1cnc2c(c1)OCCC1CN(C(=O)CCOC[C@@H]3CCCN3c3cn[nH]c(=O)c3C(F)(F)F)CCN21. The third-order valence-corrected chi connectivity index (χ3v) is 7.35. The highest BCUT2D eigenvalue weighted by Crippen LogP contribution is 2.36. The zero-order chi connectivity index (χ0) is 27.6. The fraction of sp³-hybridized carbons (Fsp3) is 0.560. The maximum absolute atomic E-state index is 13.5. The lowest BCUT2D eigenvalue weighted by molar-refractivity contribution is -0.138. The zero-order valence-corrected chi connectivity index (χ0v) is 21.1. The Hall–Kier alpha value is -3.86. The Morgan fingerprint density at radius 3 is 2.87 bits per heavy atom. The van der Waals surface area contributed by atoms with Crippen molar-refractivity contribution < 1.29 is 27.4 Å². The van der Waals surface area contributed by atoms with Crippen LogP contribution in [-0.2, 0) is 15.7 Å². The Morgan fingerprint density at radius 1 is 1.23 bits per heavy atom. The molecule has 0 radical (unpaired) electrons. The maximum Gasteiger partial charge on any atom is 0.423 e. The lowest BCUT2D eigenvalue weighted by Gasteiger charge is -2.41. The second-order valence-corrected chi connectivity index (χ2v) is 9.75. The van der Waals surface area contributed by atoms with Gasteiger partial charge in [0.25, 0.3) is 5.56 Å². The van der Waals surface area contributed by atoms with Crippen LogP contribution >= 0.6 is 0 Å². The van der Waals surface area contributed by atoms with Gasteiger partial charge in [-0.1, -0.05) is 0 Å². The van der Waals surface area contributed by atoms with Crippen LogP contribution in [0.4, 0.5) is 24.7 Å². The minimum absolute atomic E-state index is 0.0304. The summed E-state index contributed by atoms with van der Waals surface area (Å²) < 4.78 is 52.1. The molecule has 5 rings (SSSR count). The Morgan fingerprint density at radius 2 is 2.08 bits per heavy atom. The number of anilines is 2. The molecule has 14 heteroatoms. The topological polar surface area (TPSA) is 128 Å². The van der Waals surface area contributed by atoms with E-state index in [9.17, 15) is 22.8 Å². The summed E-state index contributed by atoms with van der Waals surface area (Å²) in [6.07, 6.45) is -0.152. The van der Waals surface area contributed by atoms with Gasteiger partial charge in [-0.3, -0.25) is 9.59 Å². The highest BCUT2D eigenvalue weighted by Gasteiger charge is 2.41. The number of halogens is 3. The molecule has 2 aromatic heterocycles. The van der Waals surface area contributed by atoms with E-state index in [2.05, 4.69) is 21.1 Å². The van der Waals surface area contributed by atoms with E-state index in [1.807, 2.05) is 5.10 Å². The van der Waals surface area contributed by atoms with Gasteiger partial charge < -0.3 is 24.2 Å². The van der Waals surface area contributed by atoms with E-state index in [1.54, 1.807) is 11.0 Å². The number of aromatic amines is 1. The monoisotopic (exact) mass is 547 g/mol. The number of aromatic nitrogens is 3. The summed E-state index contributed by atoms with van der Waals surface area (Å²) in [6, 6.07) is 3.42. The van der Waals surface area contributed by atoms with Crippen LogP contribution in [0.15, 0.2) is 23.3 Å². The molecular weight excluding hydrogens is 519 g/mol. The molecule has 3 aliphatic heterocycles. The number of nitriles is 1. The van der Waals surface area contributed by atoms with Gasteiger partial charge in [0.2, 0.25) is 5.91 Å². The summed E-state index contributed by atoms with van der Waals surface area (Å²) in [5.74, 6) is 1.19. The smallest absolute Gasteiger partial charge is 0.423 e. The molecular formula is C25H28F3N7O4. The number of carbonyl (C=O) groups is 1. The number of H-pyrrole nitrogens is 1. The fourth-order valence-corrected chi connectivity index (χ4v) is 5.48. The average molecular weight is 548 g/mol. The summed E-state index contributed by atoms with van der Waals surface area (Å²) in [5, 5.41) is 14.6. The third kappa shape index (κ3) is 5.63. The summed E-state index contributed by atoms with van der Waals surface area (Å²) >= 11 is 0. The minimum atomic E-state index is -4.81. The van der Waals surface area contributed by atoms with Gasteiger partial charge in [-0.25, -0.2) is 10.1 Å². The summed E-state index contributed by atoms with van der Waals surface area (Å²) in [5.41, 5.74) is -2.36. The standard InChI is InChI=1S/C25H28F3N7O4/c26-25(27,28)22-19(13-31-32-24(22)37)34-5-1-2-18(34)15-38-8-4-21(36)33-6-7-35-17(14-33)3-9-39-20-10-16(11-29)12-30-23(20)35/h10,12-13,17-18H,1-9,14-15H2,(H,32,37)/t17?,18-/m0/s1. The van der Waals surface area contributed by atoms with Crippen LogP contribution in [0.1, 0.15) is 36.8 Å². The number of hydrogen-bond donors (Lipinski definition) is 1. The van der Waals surface area contributed by atoms with Crippen molar-refractivity contribution in [1.82, 2.24) is 20.1 Å². The van der Waals surface area contributed by atoms with E-state index in [-0.39, 0.29) is 43.3 Å². The molecule has 3 aliphatic rings. The van der Waals surface area contributed by atoms with E-state index in [0.29, 0.717) is 69.2 Å². The first-order valence-electron chi connectivity index (χ1n) is 12.8. The second-order valence-electron chi connectivity index (χ2n) is 9.75. The summed E-state index contributed by atoms with van der Waals surface area (Å²) in [7, 11) is 0. The molecule has 1 N–H and O–H groups in total. The maximum atomic E-state index is 13.5. The van der Waals surface area contributed by atoms with Gasteiger partial charge in [-0.15, -0.1) is 0 Å². The molecule has 1 unspecified atom stereocenters. The van der Waals surface area contributed by atoms with Gasteiger partial charge in [0.15, 0.2) is 11.6 Å². The first kappa shape index (κ1) is 26.7. The Balaban J connectivity index is 1.14. The van der Waals surface area contributed by atoms with E-state index >= 15 is 0 Å². The predicted molar refractivity (Wildman–Crippen MR) is 132 cm³/mol. The quantitative estimate of drug-likeness (QED) is 0.540. The van der Waals surface area contributed by atoms with Crippen molar-refractivity contribution in [3.63, 3.8) is 0 Å². The number of ether oxygens (including phenoxy) is 2. The first-order chi connectivity index (χ1) is 18.8. The Labute approximate surface area is 222 Å². The van der Waals surface area contributed by atoms with Crippen molar-refractivity contribution >= 4 is 17.4 Å². The molecule has 11 nitrogen and oxygen atoms in total. The van der Waals surface area contributed by atoms with Crippen LogP contribution in [0.2, 0.25) is 0 Å². The fourth-order valence-electron chi connectivity index (χ4n) is 5.48. The molecule has 0 aromatic carbocycles. The van der Waals surface area contributed by atoms with Crippen LogP contribution in [-0.4, -0.2) is 84.1 Å². The third-order valence-electron chi connectivity index (χ3n) is 7.35. The van der Waals surface area contributed by atoms with Crippen LogP contribution in [0.5, 0.6) is 5.75 Å². The molecule has 2 saturated heterocycles. The summed E-state index contributed by atoms with van der Waals surface area (Å²) in [6.45, 7) is 2.67. The molecule has 0 spiro atoms. The molecule has 5 heterocycles. The van der Waals surface area contributed by atoms with Crippen LogP contribution < -0.4 is 20.1 Å². The number of amides is 1. The molecule has 2 aromatic rings. The van der Waals surface area contributed by atoms with Crippen molar-refractivity contribution in [3.05, 3.63) is 39.9 Å². The molecule has 2 atom stereocenters. The number of carbonyl (C=O) groups excluding carboxylic acids is 1. The first-order valence-corrected chi connectivity index (χ1v) is 12.8. The molecule has 2 fully saturated rings. The minimum Gasteiger partial charge on any atom is -0.490 e. The van der Waals surface area contributed by atoms with Crippen LogP contribution in [0.25, 0.3) is 0 Å². The number of pyridine rings is 1. The number of rotatable bonds is 6. The average Bonchev–Trinajstić information content (AvgIpc) is 3.30. The van der Waals surface area contributed by atoms with Gasteiger partial charge >= 0.3 is 6.18 Å². The van der Waals surface area contributed by atoms with Crippen molar-refractivity contribution in [2.24, 2.45) is 0 Å². The van der Waals surface area contributed by atoms with Crippen LogP contribution in [0.3, 0.4) is 0 Å². The van der Waals surface area contributed by atoms with Crippen molar-refractivity contribution in [2.45, 2.75) is 43.9 Å². The zero-order valence-electron chi connectivity index (χ0n) is 21.1. The highest BCUT2D eigenvalue weighted by atomic mass is 19.4. The van der Waals surface area contributed by atoms with Crippen molar-refractivity contribution in [3.8, 4) is 11.8 Å². The molecule has 0 bridgehead atoms. The summed E-state index contributed by atoms with van der Waals surface area (Å²) in [4.78, 5) is 34.6. The molecule has 39 heavy (non-hydrogen) atoms. The number of nitrogens with one attached hydrogen (secondary N) is 1. The van der Waals surface area contributed by atoms with Gasteiger partial charge in [-0.05, 0) is 12.8 Å². The number of piperazine rings is 1. The highest BCUT2D eigenvalue weighted by molar-refractivity contribution is 5.76. The molecule has 0 saturated carbocycles. The van der Waals surface area contributed by atoms with E-state index in [0.717, 1.165) is 6.20 Å². The molecule has 208 valence electrons. The van der Waals surface area contributed by atoms with Gasteiger partial charge in [0.05, 0.1) is 55.8 Å². The lowest BCUT2D eigenvalue weighted by Crippen LogP contribution is -2.55. The van der Waals surface area contributed by atoms with E-state index in [1.165, 1.54) is 11.1 Å². The number of alkyl halides is 3. The second kappa shape index (κ2) is 11.1. The number of hydrogen-bond acceptors (Lipinski definition) is 9. The largest absolute Gasteiger partial charge is 0.490 e. The lowest BCUT2D eigenvalue weighted by atomic mass is 10.1. The van der Waals surface area contributed by atoms with E-state index in [4.69, 9.17) is 14.7 Å². The van der Waals surface area contributed by atoms with Crippen molar-refractivity contribution in [2.75, 3.05) is 55.8 Å². The van der Waals surface area contributed by atoms with Gasteiger partial charge in [-0.2, -0.15) is 23.5 Å². The predicted octanol–water partition coefficient (Wildman–Crippen LogP) is 1.93.